The molecule has 3 rings (SSSR count). The summed E-state index contributed by atoms with van der Waals surface area (Å²) in [5.41, 5.74) is 5.89. The Kier molecular flexibility index (Phi) is 5.09. The number of nitro groups is 1. The standard InChI is InChI=1S/C15H18N6O2S/c16-14-17-13(18-15(19-14)20-8-2-1-3-9-20)10-24-12-6-4-11(5-7-12)21(22)23/h4-7H,1-3,8-10H2,(H2,16,17,18,19). The molecule has 1 fully saturated rings. The summed E-state index contributed by atoms with van der Waals surface area (Å²) in [6.45, 7) is 1.89. The molecule has 2 N–H and O–H groups in total. The lowest BCUT2D eigenvalue weighted by Gasteiger charge is -2.26. The van der Waals surface area contributed by atoms with Gasteiger partial charge in [0.2, 0.25) is 11.9 Å². The van der Waals surface area contributed by atoms with Gasteiger partial charge < -0.3 is 10.6 Å². The van der Waals surface area contributed by atoms with E-state index in [1.165, 1.54) is 30.3 Å². The minimum absolute atomic E-state index is 0.0798. The fraction of sp³-hybridized carbons (Fsp3) is 0.400. The van der Waals surface area contributed by atoms with E-state index in [-0.39, 0.29) is 11.6 Å². The topological polar surface area (TPSA) is 111 Å². The Labute approximate surface area is 143 Å². The Bertz CT molecular complexity index is 718. The van der Waals surface area contributed by atoms with Crippen LogP contribution in [-0.4, -0.2) is 33.0 Å². The first-order valence-electron chi connectivity index (χ1n) is 7.74. The summed E-state index contributed by atoms with van der Waals surface area (Å²) in [5, 5.41) is 10.7. The Hall–Kier alpha value is -2.42. The molecule has 0 unspecified atom stereocenters. The minimum Gasteiger partial charge on any atom is -0.368 e. The fourth-order valence-corrected chi connectivity index (χ4v) is 3.29. The molecule has 0 spiro atoms. The molecule has 8 nitrogen and oxygen atoms in total. The van der Waals surface area contributed by atoms with Crippen LogP contribution in [0.3, 0.4) is 0 Å². The molecule has 1 saturated heterocycles. The molecular weight excluding hydrogens is 328 g/mol. The van der Waals surface area contributed by atoms with Crippen molar-refractivity contribution in [3.05, 3.63) is 40.2 Å². The third-order valence-corrected chi connectivity index (χ3v) is 4.75. The zero-order valence-electron chi connectivity index (χ0n) is 13.1. The average molecular weight is 346 g/mol. The van der Waals surface area contributed by atoms with E-state index in [1.54, 1.807) is 12.1 Å². The van der Waals surface area contributed by atoms with Crippen molar-refractivity contribution in [1.82, 2.24) is 15.0 Å². The van der Waals surface area contributed by atoms with Crippen molar-refractivity contribution in [3.8, 4) is 0 Å². The summed E-state index contributed by atoms with van der Waals surface area (Å²) < 4.78 is 0. The van der Waals surface area contributed by atoms with Crippen LogP contribution < -0.4 is 10.6 Å². The number of hydrogen-bond acceptors (Lipinski definition) is 8. The van der Waals surface area contributed by atoms with Crippen LogP contribution in [0.5, 0.6) is 0 Å². The zero-order valence-corrected chi connectivity index (χ0v) is 13.9. The number of nitrogen functional groups attached to an aromatic ring is 1. The molecule has 0 radical (unpaired) electrons. The number of hydrogen-bond donors (Lipinski definition) is 1. The monoisotopic (exact) mass is 346 g/mol. The van der Waals surface area contributed by atoms with Crippen LogP contribution >= 0.6 is 11.8 Å². The van der Waals surface area contributed by atoms with E-state index < -0.39 is 4.92 Å². The maximum absolute atomic E-state index is 10.7. The van der Waals surface area contributed by atoms with Crippen molar-refractivity contribution in [3.63, 3.8) is 0 Å². The third kappa shape index (κ3) is 4.10. The van der Waals surface area contributed by atoms with Crippen LogP contribution in [0.15, 0.2) is 29.2 Å². The molecule has 24 heavy (non-hydrogen) atoms. The first kappa shape index (κ1) is 16.4. The predicted octanol–water partition coefficient (Wildman–Crippen LogP) is 2.64. The Morgan fingerprint density at radius 1 is 1.12 bits per heavy atom. The average Bonchev–Trinajstić information content (AvgIpc) is 2.60. The highest BCUT2D eigenvalue weighted by atomic mass is 32.2. The minimum atomic E-state index is -0.411. The molecule has 1 aliphatic heterocycles. The van der Waals surface area contributed by atoms with Gasteiger partial charge in [-0.2, -0.15) is 15.0 Å². The van der Waals surface area contributed by atoms with Crippen molar-refractivity contribution in [2.75, 3.05) is 23.7 Å². The van der Waals surface area contributed by atoms with E-state index in [2.05, 4.69) is 19.9 Å². The molecule has 2 aromatic rings. The van der Waals surface area contributed by atoms with E-state index in [4.69, 9.17) is 5.73 Å². The second kappa shape index (κ2) is 7.43. The van der Waals surface area contributed by atoms with Crippen LogP contribution in [0.25, 0.3) is 0 Å². The van der Waals surface area contributed by atoms with Crippen molar-refractivity contribution < 1.29 is 4.92 Å². The molecule has 0 bridgehead atoms. The van der Waals surface area contributed by atoms with E-state index >= 15 is 0 Å². The number of piperidine rings is 1. The second-order valence-corrected chi connectivity index (χ2v) is 6.55. The molecule has 1 aliphatic rings. The molecule has 0 amide bonds. The van der Waals surface area contributed by atoms with Gasteiger partial charge in [0.15, 0.2) is 0 Å². The predicted molar refractivity (Wildman–Crippen MR) is 93.0 cm³/mol. The largest absolute Gasteiger partial charge is 0.368 e. The molecule has 0 saturated carbocycles. The molecule has 2 heterocycles. The van der Waals surface area contributed by atoms with Gasteiger partial charge in [-0.15, -0.1) is 11.8 Å². The highest BCUT2D eigenvalue weighted by molar-refractivity contribution is 7.98. The van der Waals surface area contributed by atoms with Gasteiger partial charge in [-0.25, -0.2) is 0 Å². The maximum atomic E-state index is 10.7. The van der Waals surface area contributed by atoms with E-state index in [1.807, 2.05) is 0 Å². The van der Waals surface area contributed by atoms with Crippen LogP contribution in [0.2, 0.25) is 0 Å². The molecule has 1 aromatic carbocycles. The first-order valence-corrected chi connectivity index (χ1v) is 8.73. The quantitative estimate of drug-likeness (QED) is 0.499. The first-order chi connectivity index (χ1) is 11.6. The van der Waals surface area contributed by atoms with Crippen LogP contribution in [0.1, 0.15) is 25.1 Å². The SMILES string of the molecule is Nc1nc(CSc2ccc([N+](=O)[O-])cc2)nc(N2CCCCC2)n1. The van der Waals surface area contributed by atoms with Crippen LogP contribution in [0, 0.1) is 10.1 Å². The van der Waals surface area contributed by atoms with Gasteiger partial charge in [0.05, 0.1) is 10.7 Å². The van der Waals surface area contributed by atoms with Crippen molar-refractivity contribution in [1.29, 1.82) is 0 Å². The summed E-state index contributed by atoms with van der Waals surface area (Å²) in [6, 6.07) is 6.42. The smallest absolute Gasteiger partial charge is 0.269 e. The van der Waals surface area contributed by atoms with Gasteiger partial charge in [-0.3, -0.25) is 10.1 Å². The molecule has 126 valence electrons. The molecule has 1 aromatic heterocycles. The third-order valence-electron chi connectivity index (χ3n) is 3.74. The van der Waals surface area contributed by atoms with Crippen LogP contribution in [0.4, 0.5) is 17.6 Å². The number of nitro benzene ring substituents is 1. The maximum Gasteiger partial charge on any atom is 0.269 e. The number of nitrogens with two attached hydrogens (primary N) is 1. The van der Waals surface area contributed by atoms with E-state index in [0.29, 0.717) is 17.5 Å². The van der Waals surface area contributed by atoms with Crippen LogP contribution in [-0.2, 0) is 5.75 Å². The zero-order chi connectivity index (χ0) is 16.9. The Morgan fingerprint density at radius 3 is 2.50 bits per heavy atom. The lowest BCUT2D eigenvalue weighted by molar-refractivity contribution is -0.384. The summed E-state index contributed by atoms with van der Waals surface area (Å²) in [6.07, 6.45) is 3.51. The Balaban J connectivity index is 1.68. The number of thioether (sulfide) groups is 1. The normalized spacial score (nSPS) is 14.6. The number of anilines is 2. The second-order valence-electron chi connectivity index (χ2n) is 5.50. The number of non-ortho nitro benzene ring substituents is 1. The molecule has 0 atom stereocenters. The number of rotatable bonds is 5. The lowest BCUT2D eigenvalue weighted by Crippen LogP contribution is -2.31. The molecule has 9 heteroatoms. The molecule has 0 aliphatic carbocycles. The molecular formula is C15H18N6O2S. The van der Waals surface area contributed by atoms with Gasteiger partial charge in [0.25, 0.3) is 5.69 Å². The fourth-order valence-electron chi connectivity index (χ4n) is 2.54. The summed E-state index contributed by atoms with van der Waals surface area (Å²) >= 11 is 1.51. The van der Waals surface area contributed by atoms with Crippen molar-refractivity contribution >= 4 is 29.3 Å². The van der Waals surface area contributed by atoms with Gasteiger partial charge in [-0.05, 0) is 31.4 Å². The Morgan fingerprint density at radius 2 is 1.83 bits per heavy atom. The highest BCUT2D eigenvalue weighted by Gasteiger charge is 2.15. The number of nitrogens with zero attached hydrogens (tertiary/aromatic N) is 5. The van der Waals surface area contributed by atoms with Crippen molar-refractivity contribution in [2.24, 2.45) is 0 Å². The van der Waals surface area contributed by atoms with E-state index in [0.717, 1.165) is 30.8 Å². The number of benzene rings is 1. The van der Waals surface area contributed by atoms with Crippen molar-refractivity contribution in [2.45, 2.75) is 29.9 Å². The summed E-state index contributed by atoms with van der Waals surface area (Å²) in [5.74, 6) is 2.02. The number of aromatic nitrogens is 3. The lowest BCUT2D eigenvalue weighted by atomic mass is 10.1. The van der Waals surface area contributed by atoms with Gasteiger partial charge in [0, 0.05) is 30.1 Å². The van der Waals surface area contributed by atoms with Gasteiger partial charge in [-0.1, -0.05) is 0 Å². The van der Waals surface area contributed by atoms with E-state index in [9.17, 15) is 10.1 Å². The van der Waals surface area contributed by atoms with Gasteiger partial charge in [0.1, 0.15) is 5.82 Å². The highest BCUT2D eigenvalue weighted by Crippen LogP contribution is 2.25. The summed E-state index contributed by atoms with van der Waals surface area (Å²) in [7, 11) is 0. The van der Waals surface area contributed by atoms with Gasteiger partial charge >= 0.3 is 0 Å². The summed E-state index contributed by atoms with van der Waals surface area (Å²) in [4.78, 5) is 26.3.